The molecule has 4 heterocycles. The molecule has 0 N–H and O–H groups in total. The summed E-state index contributed by atoms with van der Waals surface area (Å²) in [6.07, 6.45) is 2.64. The molecule has 8 nitrogen and oxygen atoms in total. The van der Waals surface area contributed by atoms with Gasteiger partial charge in [0.15, 0.2) is 0 Å². The van der Waals surface area contributed by atoms with E-state index in [1.165, 1.54) is 0 Å². The van der Waals surface area contributed by atoms with E-state index in [2.05, 4.69) is 29.3 Å². The van der Waals surface area contributed by atoms with E-state index < -0.39 is 0 Å². The fourth-order valence-electron chi connectivity index (χ4n) is 3.50. The van der Waals surface area contributed by atoms with Crippen molar-refractivity contribution in [3.05, 3.63) is 29.3 Å². The Balaban J connectivity index is 1.57. The van der Waals surface area contributed by atoms with Gasteiger partial charge in [-0.05, 0) is 18.4 Å². The zero-order valence-electron chi connectivity index (χ0n) is 14.2. The lowest BCUT2D eigenvalue weighted by Crippen LogP contribution is -2.50. The minimum absolute atomic E-state index is 0.0163. The Morgan fingerprint density at radius 3 is 3.00 bits per heavy atom. The van der Waals surface area contributed by atoms with Gasteiger partial charge in [0.25, 0.3) is 5.91 Å². The van der Waals surface area contributed by atoms with Gasteiger partial charge in [-0.25, -0.2) is 4.68 Å². The van der Waals surface area contributed by atoms with Crippen molar-refractivity contribution in [3.63, 3.8) is 0 Å². The highest BCUT2D eigenvalue weighted by atomic mass is 16.5. The number of hydrogen-bond donors (Lipinski definition) is 0. The van der Waals surface area contributed by atoms with E-state index in [4.69, 9.17) is 4.74 Å². The van der Waals surface area contributed by atoms with Crippen LogP contribution in [0.25, 0.3) is 0 Å². The van der Waals surface area contributed by atoms with Crippen LogP contribution in [0.15, 0.2) is 12.3 Å². The number of carbonyl (C=O) groups excluding carboxylic acids is 1. The third-order valence-electron chi connectivity index (χ3n) is 4.93. The normalized spacial score (nSPS) is 23.2. The summed E-state index contributed by atoms with van der Waals surface area (Å²) in [5.74, 6) is 0.315. The molecule has 0 bridgehead atoms. The van der Waals surface area contributed by atoms with Gasteiger partial charge in [-0.3, -0.25) is 9.48 Å². The molecule has 2 aliphatic rings. The fourth-order valence-corrected chi connectivity index (χ4v) is 3.50. The van der Waals surface area contributed by atoms with Gasteiger partial charge in [0.05, 0.1) is 36.3 Å². The number of amides is 1. The van der Waals surface area contributed by atoms with E-state index in [-0.39, 0.29) is 18.1 Å². The van der Waals surface area contributed by atoms with E-state index >= 15 is 0 Å². The van der Waals surface area contributed by atoms with Crippen LogP contribution in [0.4, 0.5) is 0 Å². The smallest absolute Gasteiger partial charge is 0.272 e. The second-order valence-corrected chi connectivity index (χ2v) is 6.86. The van der Waals surface area contributed by atoms with Crippen molar-refractivity contribution in [1.82, 2.24) is 29.7 Å². The number of ether oxygens (including phenoxy) is 1. The van der Waals surface area contributed by atoms with Crippen LogP contribution in [0.5, 0.6) is 0 Å². The summed E-state index contributed by atoms with van der Waals surface area (Å²) in [6, 6.07) is 1.93. The Bertz CT molecular complexity index is 764. The number of aromatic nitrogens is 5. The highest BCUT2D eigenvalue weighted by Crippen LogP contribution is 2.30. The number of piperidine rings is 1. The molecular formula is C16H22N6O2. The van der Waals surface area contributed by atoms with Crippen molar-refractivity contribution in [2.24, 2.45) is 7.05 Å². The molecular weight excluding hydrogens is 308 g/mol. The summed E-state index contributed by atoms with van der Waals surface area (Å²) in [5.41, 5.74) is 2.54. The Morgan fingerprint density at radius 2 is 2.25 bits per heavy atom. The second kappa shape index (κ2) is 5.70. The minimum Gasteiger partial charge on any atom is -0.370 e. The van der Waals surface area contributed by atoms with Gasteiger partial charge in [0.1, 0.15) is 5.69 Å². The van der Waals surface area contributed by atoms with Crippen LogP contribution in [0.2, 0.25) is 0 Å². The monoisotopic (exact) mass is 330 g/mol. The van der Waals surface area contributed by atoms with Crippen LogP contribution >= 0.6 is 0 Å². The van der Waals surface area contributed by atoms with Crippen LogP contribution in [-0.4, -0.2) is 54.8 Å². The SMILES string of the molecule is CC(C)c1cc(C(=O)N2CC[C@H]3OCc4cnnn4[C@H]3C2)n(C)n1. The largest absolute Gasteiger partial charge is 0.370 e. The topological polar surface area (TPSA) is 78.1 Å². The maximum absolute atomic E-state index is 13.0. The lowest BCUT2D eigenvalue weighted by Gasteiger charge is -2.40. The van der Waals surface area contributed by atoms with Crippen molar-refractivity contribution in [3.8, 4) is 0 Å². The first-order chi connectivity index (χ1) is 11.5. The second-order valence-electron chi connectivity index (χ2n) is 6.86. The van der Waals surface area contributed by atoms with Crippen LogP contribution in [0, 0.1) is 0 Å². The summed E-state index contributed by atoms with van der Waals surface area (Å²) in [6.45, 7) is 5.97. The predicted molar refractivity (Wildman–Crippen MR) is 85.5 cm³/mol. The molecule has 0 unspecified atom stereocenters. The van der Waals surface area contributed by atoms with Gasteiger partial charge in [-0.15, -0.1) is 5.10 Å². The Kier molecular flexibility index (Phi) is 3.64. The van der Waals surface area contributed by atoms with Gasteiger partial charge < -0.3 is 9.64 Å². The van der Waals surface area contributed by atoms with Gasteiger partial charge in [-0.2, -0.15) is 5.10 Å². The number of fused-ring (bicyclic) bond motifs is 3. The first-order valence-corrected chi connectivity index (χ1v) is 8.38. The number of carbonyl (C=O) groups is 1. The molecule has 128 valence electrons. The average molecular weight is 330 g/mol. The number of aryl methyl sites for hydroxylation is 1. The summed E-state index contributed by atoms with van der Waals surface area (Å²) < 4.78 is 9.50. The first-order valence-electron chi connectivity index (χ1n) is 8.38. The van der Waals surface area contributed by atoms with E-state index in [1.807, 2.05) is 22.7 Å². The molecule has 0 aliphatic carbocycles. The zero-order valence-corrected chi connectivity index (χ0v) is 14.2. The maximum atomic E-state index is 13.0. The average Bonchev–Trinajstić information content (AvgIpc) is 3.20. The molecule has 0 aromatic carbocycles. The summed E-state index contributed by atoms with van der Waals surface area (Å²) >= 11 is 0. The number of likely N-dealkylation sites (tertiary alicyclic amines) is 1. The summed E-state index contributed by atoms with van der Waals surface area (Å²) in [7, 11) is 1.82. The summed E-state index contributed by atoms with van der Waals surface area (Å²) in [4.78, 5) is 14.8. The van der Waals surface area contributed by atoms with Gasteiger partial charge in [0, 0.05) is 20.1 Å². The standard InChI is InChI=1S/C16H22N6O2/c1-10(2)12-6-13(20(3)18-12)16(23)21-5-4-15-14(8-21)22-11(9-24-15)7-17-19-22/h6-7,10,14-15H,4-5,8-9H2,1-3H3/t14-,15+/m0/s1. The molecule has 8 heteroatoms. The first kappa shape index (κ1) is 15.3. The predicted octanol–water partition coefficient (Wildman–Crippen LogP) is 1.12. The molecule has 24 heavy (non-hydrogen) atoms. The van der Waals surface area contributed by atoms with Crippen LogP contribution < -0.4 is 0 Å². The van der Waals surface area contributed by atoms with Gasteiger partial charge in [-0.1, -0.05) is 19.1 Å². The van der Waals surface area contributed by atoms with Gasteiger partial charge >= 0.3 is 0 Å². The van der Waals surface area contributed by atoms with Crippen molar-refractivity contribution >= 4 is 5.91 Å². The van der Waals surface area contributed by atoms with E-state index in [0.29, 0.717) is 31.3 Å². The van der Waals surface area contributed by atoms with E-state index in [9.17, 15) is 4.79 Å². The van der Waals surface area contributed by atoms with Gasteiger partial charge in [0.2, 0.25) is 0 Å². The van der Waals surface area contributed by atoms with Crippen molar-refractivity contribution in [2.75, 3.05) is 13.1 Å². The molecule has 1 fully saturated rings. The molecule has 1 saturated heterocycles. The maximum Gasteiger partial charge on any atom is 0.272 e. The highest BCUT2D eigenvalue weighted by Gasteiger charge is 2.38. The molecule has 0 radical (unpaired) electrons. The molecule has 2 atom stereocenters. The molecule has 2 aliphatic heterocycles. The number of hydrogen-bond acceptors (Lipinski definition) is 5. The zero-order chi connectivity index (χ0) is 16.8. The number of rotatable bonds is 2. The van der Waals surface area contributed by atoms with E-state index in [0.717, 1.165) is 17.8 Å². The Labute approximate surface area is 140 Å². The van der Waals surface area contributed by atoms with Crippen LogP contribution in [0.1, 0.15) is 54.1 Å². The molecule has 2 aromatic heterocycles. The highest BCUT2D eigenvalue weighted by molar-refractivity contribution is 5.92. The third kappa shape index (κ3) is 2.41. The minimum atomic E-state index is 0.0163. The molecule has 0 saturated carbocycles. The van der Waals surface area contributed by atoms with Crippen molar-refractivity contribution < 1.29 is 9.53 Å². The molecule has 2 aromatic rings. The number of nitrogens with zero attached hydrogens (tertiary/aromatic N) is 6. The molecule has 4 rings (SSSR count). The molecule has 0 spiro atoms. The Hall–Kier alpha value is -2.22. The summed E-state index contributed by atoms with van der Waals surface area (Å²) in [5, 5.41) is 12.6. The van der Waals surface area contributed by atoms with E-state index in [1.54, 1.807) is 10.9 Å². The Morgan fingerprint density at radius 1 is 1.42 bits per heavy atom. The van der Waals surface area contributed by atoms with Crippen molar-refractivity contribution in [2.45, 2.75) is 44.9 Å². The van der Waals surface area contributed by atoms with Crippen molar-refractivity contribution in [1.29, 1.82) is 0 Å². The van der Waals surface area contributed by atoms with Crippen LogP contribution in [0.3, 0.4) is 0 Å². The lowest BCUT2D eigenvalue weighted by molar-refractivity contribution is -0.0606. The third-order valence-corrected chi connectivity index (χ3v) is 4.93. The lowest BCUT2D eigenvalue weighted by atomic mass is 10.00. The fraction of sp³-hybridized carbons (Fsp3) is 0.625. The van der Waals surface area contributed by atoms with Crippen LogP contribution in [-0.2, 0) is 18.4 Å². The quantitative estimate of drug-likeness (QED) is 0.824. The molecule has 1 amide bonds.